The van der Waals surface area contributed by atoms with Crippen LogP contribution in [0.3, 0.4) is 0 Å². The van der Waals surface area contributed by atoms with Crippen molar-refractivity contribution < 1.29 is 4.79 Å². The van der Waals surface area contributed by atoms with Crippen molar-refractivity contribution in [3.63, 3.8) is 0 Å². The van der Waals surface area contributed by atoms with Gasteiger partial charge in [-0.1, -0.05) is 32.4 Å². The molecule has 1 aromatic rings. The van der Waals surface area contributed by atoms with Gasteiger partial charge in [-0.3, -0.25) is 9.69 Å². The van der Waals surface area contributed by atoms with E-state index in [-0.39, 0.29) is 17.4 Å². The van der Waals surface area contributed by atoms with Crippen LogP contribution in [0.4, 0.5) is 11.4 Å². The molecule has 0 aliphatic rings. The molecule has 1 unspecified atom stereocenters. The minimum absolute atomic E-state index is 0.0877. The van der Waals surface area contributed by atoms with Crippen molar-refractivity contribution in [2.45, 2.75) is 33.7 Å². The summed E-state index contributed by atoms with van der Waals surface area (Å²) in [6, 6.07) is 5.33. The van der Waals surface area contributed by atoms with Crippen molar-refractivity contribution in [1.29, 1.82) is 0 Å². The highest BCUT2D eigenvalue weighted by Crippen LogP contribution is 2.25. The van der Waals surface area contributed by atoms with E-state index < -0.39 is 0 Å². The molecule has 0 aliphatic heterocycles. The van der Waals surface area contributed by atoms with Gasteiger partial charge in [0.05, 0.1) is 17.3 Å². The summed E-state index contributed by atoms with van der Waals surface area (Å²) in [6.07, 6.45) is 0. The summed E-state index contributed by atoms with van der Waals surface area (Å²) >= 11 is 6.04. The van der Waals surface area contributed by atoms with Crippen molar-refractivity contribution in [3.05, 3.63) is 23.2 Å². The third kappa shape index (κ3) is 4.69. The number of nitrogens with one attached hydrogen (secondary N) is 1. The van der Waals surface area contributed by atoms with Crippen LogP contribution in [-0.4, -0.2) is 30.4 Å². The lowest BCUT2D eigenvalue weighted by Gasteiger charge is -2.34. The number of amides is 1. The molecule has 0 heterocycles. The average Bonchev–Trinajstić information content (AvgIpc) is 2.30. The number of carbonyl (C=O) groups excluding carboxylic acids is 1. The number of halogens is 1. The predicted octanol–water partition coefficient (Wildman–Crippen LogP) is 3.23. The Bertz CT molecular complexity index is 482. The normalized spacial score (nSPS) is 13.3. The Kier molecular flexibility index (Phi) is 5.42. The fraction of sp³-hybridized carbons (Fsp3) is 0.533. The molecule has 0 spiro atoms. The summed E-state index contributed by atoms with van der Waals surface area (Å²) in [5.41, 5.74) is 6.90. The first kappa shape index (κ1) is 16.8. The van der Waals surface area contributed by atoms with Gasteiger partial charge in [0.2, 0.25) is 5.91 Å². The third-order valence-corrected chi connectivity index (χ3v) is 3.89. The number of likely N-dealkylation sites (N-methyl/N-ethyl adjacent to an activating group) is 1. The molecule has 1 atom stereocenters. The van der Waals surface area contributed by atoms with Gasteiger partial charge in [0, 0.05) is 11.7 Å². The van der Waals surface area contributed by atoms with Crippen LogP contribution in [0, 0.1) is 5.41 Å². The molecule has 0 bridgehead atoms. The summed E-state index contributed by atoms with van der Waals surface area (Å²) in [7, 11) is 1.94. The molecule has 0 aliphatic carbocycles. The van der Waals surface area contributed by atoms with Crippen LogP contribution in [-0.2, 0) is 4.79 Å². The number of nitrogen functional groups attached to an aromatic ring is 1. The lowest BCUT2D eigenvalue weighted by molar-refractivity contribution is -0.117. The minimum Gasteiger partial charge on any atom is -0.399 e. The van der Waals surface area contributed by atoms with Gasteiger partial charge < -0.3 is 11.1 Å². The topological polar surface area (TPSA) is 58.4 Å². The lowest BCUT2D eigenvalue weighted by Crippen LogP contribution is -2.43. The molecule has 0 aromatic heterocycles. The highest BCUT2D eigenvalue weighted by Gasteiger charge is 2.25. The zero-order chi connectivity index (χ0) is 15.5. The molecule has 1 aromatic carbocycles. The molecule has 112 valence electrons. The monoisotopic (exact) mass is 297 g/mol. The number of hydrogen-bond acceptors (Lipinski definition) is 3. The summed E-state index contributed by atoms with van der Waals surface area (Å²) in [4.78, 5) is 14.1. The van der Waals surface area contributed by atoms with Gasteiger partial charge >= 0.3 is 0 Å². The maximum Gasteiger partial charge on any atom is 0.238 e. The highest BCUT2D eigenvalue weighted by molar-refractivity contribution is 6.34. The van der Waals surface area contributed by atoms with E-state index >= 15 is 0 Å². The van der Waals surface area contributed by atoms with E-state index in [1.165, 1.54) is 0 Å². The second-order valence-electron chi connectivity index (χ2n) is 6.24. The molecule has 1 amide bonds. The van der Waals surface area contributed by atoms with Gasteiger partial charge in [-0.05, 0) is 37.6 Å². The Morgan fingerprint density at radius 3 is 2.55 bits per heavy atom. The number of rotatable bonds is 4. The first-order valence-corrected chi connectivity index (χ1v) is 7.04. The number of benzene rings is 1. The quantitative estimate of drug-likeness (QED) is 0.839. The average molecular weight is 298 g/mol. The van der Waals surface area contributed by atoms with Crippen molar-refractivity contribution in [3.8, 4) is 0 Å². The van der Waals surface area contributed by atoms with Crippen LogP contribution in [0.25, 0.3) is 0 Å². The molecule has 20 heavy (non-hydrogen) atoms. The van der Waals surface area contributed by atoms with E-state index in [1.807, 2.05) is 11.9 Å². The van der Waals surface area contributed by atoms with Gasteiger partial charge in [0.25, 0.3) is 0 Å². The number of carbonyl (C=O) groups is 1. The number of nitrogens with zero attached hydrogens (tertiary/aromatic N) is 1. The van der Waals surface area contributed by atoms with Gasteiger partial charge in [-0.2, -0.15) is 0 Å². The van der Waals surface area contributed by atoms with Crippen LogP contribution < -0.4 is 11.1 Å². The molecule has 1 rings (SSSR count). The van der Waals surface area contributed by atoms with Gasteiger partial charge in [-0.25, -0.2) is 0 Å². The molecule has 0 radical (unpaired) electrons. The lowest BCUT2D eigenvalue weighted by atomic mass is 9.87. The summed E-state index contributed by atoms with van der Waals surface area (Å²) in [5.74, 6) is -0.0877. The third-order valence-electron chi connectivity index (χ3n) is 3.57. The molecule has 3 N–H and O–H groups in total. The Labute approximate surface area is 126 Å². The van der Waals surface area contributed by atoms with E-state index in [2.05, 4.69) is 33.0 Å². The maximum atomic E-state index is 12.0. The Morgan fingerprint density at radius 2 is 2.05 bits per heavy atom. The van der Waals surface area contributed by atoms with Crippen molar-refractivity contribution in [1.82, 2.24) is 4.90 Å². The predicted molar refractivity (Wildman–Crippen MR) is 86.0 cm³/mol. The Hall–Kier alpha value is -1.26. The van der Waals surface area contributed by atoms with Gasteiger partial charge in [0.15, 0.2) is 0 Å². The zero-order valence-corrected chi connectivity index (χ0v) is 13.6. The molecular weight excluding hydrogens is 274 g/mol. The Morgan fingerprint density at radius 1 is 1.45 bits per heavy atom. The SMILES string of the molecule is CC(N(C)CC(=O)Nc1ccc(N)cc1Cl)C(C)(C)C. The fourth-order valence-electron chi connectivity index (χ4n) is 1.85. The summed E-state index contributed by atoms with van der Waals surface area (Å²) in [5, 5.41) is 3.26. The van der Waals surface area contributed by atoms with Crippen LogP contribution in [0.1, 0.15) is 27.7 Å². The smallest absolute Gasteiger partial charge is 0.238 e. The largest absolute Gasteiger partial charge is 0.399 e. The highest BCUT2D eigenvalue weighted by atomic mass is 35.5. The van der Waals surface area contributed by atoms with Crippen molar-refractivity contribution >= 4 is 28.9 Å². The maximum absolute atomic E-state index is 12.0. The second-order valence-corrected chi connectivity index (χ2v) is 6.65. The molecule has 0 saturated carbocycles. The van der Waals surface area contributed by atoms with Crippen molar-refractivity contribution in [2.75, 3.05) is 24.6 Å². The minimum atomic E-state index is -0.0877. The standard InChI is InChI=1S/C15H24ClN3O/c1-10(15(2,3)4)19(5)9-14(20)18-13-7-6-11(17)8-12(13)16/h6-8,10H,9,17H2,1-5H3,(H,18,20). The van der Waals surface area contributed by atoms with Crippen LogP contribution in [0.2, 0.25) is 5.02 Å². The molecular formula is C15H24ClN3O. The van der Waals surface area contributed by atoms with Crippen molar-refractivity contribution in [2.24, 2.45) is 5.41 Å². The van der Waals surface area contributed by atoms with E-state index in [9.17, 15) is 4.79 Å². The molecule has 4 nitrogen and oxygen atoms in total. The van der Waals surface area contributed by atoms with E-state index in [4.69, 9.17) is 17.3 Å². The van der Waals surface area contributed by atoms with Gasteiger partial charge in [0.1, 0.15) is 0 Å². The molecule has 5 heteroatoms. The van der Waals surface area contributed by atoms with Gasteiger partial charge in [-0.15, -0.1) is 0 Å². The molecule has 0 saturated heterocycles. The van der Waals surface area contributed by atoms with Crippen LogP contribution >= 0.6 is 11.6 Å². The first-order valence-electron chi connectivity index (χ1n) is 6.66. The zero-order valence-electron chi connectivity index (χ0n) is 12.8. The Balaban J connectivity index is 2.64. The van der Waals surface area contributed by atoms with Crippen LogP contribution in [0.5, 0.6) is 0 Å². The summed E-state index contributed by atoms with van der Waals surface area (Å²) < 4.78 is 0. The summed E-state index contributed by atoms with van der Waals surface area (Å²) in [6.45, 7) is 8.90. The first-order chi connectivity index (χ1) is 9.11. The van der Waals surface area contributed by atoms with E-state index in [1.54, 1.807) is 18.2 Å². The fourth-order valence-corrected chi connectivity index (χ4v) is 2.08. The second kappa shape index (κ2) is 6.46. The number of anilines is 2. The number of hydrogen-bond donors (Lipinski definition) is 2. The van der Waals surface area contributed by atoms with E-state index in [0.29, 0.717) is 22.9 Å². The van der Waals surface area contributed by atoms with E-state index in [0.717, 1.165) is 0 Å². The molecule has 0 fully saturated rings. The number of nitrogens with two attached hydrogens (primary N) is 1. The van der Waals surface area contributed by atoms with Crippen LogP contribution in [0.15, 0.2) is 18.2 Å².